The summed E-state index contributed by atoms with van der Waals surface area (Å²) < 4.78 is 16.0. The van der Waals surface area contributed by atoms with Crippen molar-refractivity contribution in [1.29, 1.82) is 0 Å². The Hall–Kier alpha value is 0.270. The third-order valence-electron chi connectivity index (χ3n) is 1.81. The van der Waals surface area contributed by atoms with Gasteiger partial charge in [0.25, 0.3) is 0 Å². The van der Waals surface area contributed by atoms with Gasteiger partial charge in [0.05, 0.1) is 19.8 Å². The van der Waals surface area contributed by atoms with Crippen LogP contribution in [0.4, 0.5) is 0 Å². The summed E-state index contributed by atoms with van der Waals surface area (Å²) in [4.78, 5) is 2.30. The molecule has 0 unspecified atom stereocenters. The van der Waals surface area contributed by atoms with Crippen molar-refractivity contribution in [1.82, 2.24) is 4.90 Å². The van der Waals surface area contributed by atoms with Gasteiger partial charge in [0, 0.05) is 19.6 Å². The molecular formula is C6H12NO3P. The molecule has 0 aromatic heterocycles. The fourth-order valence-electron chi connectivity index (χ4n) is 1.18. The van der Waals surface area contributed by atoms with Crippen LogP contribution in [0.1, 0.15) is 0 Å². The van der Waals surface area contributed by atoms with E-state index >= 15 is 0 Å². The van der Waals surface area contributed by atoms with Gasteiger partial charge in [-0.2, -0.15) is 0 Å². The third kappa shape index (κ3) is 2.10. The summed E-state index contributed by atoms with van der Waals surface area (Å²) in [5, 5.41) is 0. The SMILES string of the molecule is C1CN2CCOP(O1)OCC2. The Morgan fingerprint density at radius 3 is 1.73 bits per heavy atom. The fraction of sp³-hybridized carbons (Fsp3) is 1.00. The van der Waals surface area contributed by atoms with Gasteiger partial charge in [-0.1, -0.05) is 0 Å². The lowest BCUT2D eigenvalue weighted by molar-refractivity contribution is 0.0609. The summed E-state index contributed by atoms with van der Waals surface area (Å²) in [6, 6.07) is 0. The molecule has 3 aliphatic rings. The molecular weight excluding hydrogens is 165 g/mol. The molecule has 3 rings (SSSR count). The minimum atomic E-state index is -1.00. The summed E-state index contributed by atoms with van der Waals surface area (Å²) >= 11 is 0. The molecule has 0 aromatic carbocycles. The second kappa shape index (κ2) is 3.78. The topological polar surface area (TPSA) is 30.9 Å². The van der Waals surface area contributed by atoms with Gasteiger partial charge in [-0.25, -0.2) is 0 Å². The van der Waals surface area contributed by atoms with Gasteiger partial charge in [-0.3, -0.25) is 4.90 Å². The zero-order valence-corrected chi connectivity index (χ0v) is 7.26. The van der Waals surface area contributed by atoms with Gasteiger partial charge in [0.1, 0.15) is 0 Å². The molecule has 64 valence electrons. The summed E-state index contributed by atoms with van der Waals surface area (Å²) in [5.41, 5.74) is 0. The molecule has 0 saturated carbocycles. The van der Waals surface area contributed by atoms with Gasteiger partial charge in [0.15, 0.2) is 0 Å². The Labute approximate surface area is 67.4 Å². The van der Waals surface area contributed by atoms with E-state index in [9.17, 15) is 0 Å². The maximum atomic E-state index is 5.33. The summed E-state index contributed by atoms with van der Waals surface area (Å²) in [6.07, 6.45) is 0. The molecule has 0 aromatic rings. The van der Waals surface area contributed by atoms with Gasteiger partial charge in [-0.05, 0) is 0 Å². The van der Waals surface area contributed by atoms with E-state index in [-0.39, 0.29) is 0 Å². The quantitative estimate of drug-likeness (QED) is 0.507. The normalized spacial score (nSPS) is 39.3. The highest BCUT2D eigenvalue weighted by atomic mass is 31.2. The number of nitrogens with zero attached hydrogens (tertiary/aromatic N) is 1. The molecule has 0 N–H and O–H groups in total. The van der Waals surface area contributed by atoms with Crippen LogP contribution in [0.25, 0.3) is 0 Å². The second-order valence-corrected chi connectivity index (χ2v) is 3.79. The number of hydrogen-bond acceptors (Lipinski definition) is 4. The minimum absolute atomic E-state index is 0.742. The molecule has 3 saturated heterocycles. The lowest BCUT2D eigenvalue weighted by Crippen LogP contribution is -2.37. The Balaban J connectivity index is 1.96. The van der Waals surface area contributed by atoms with Crippen molar-refractivity contribution in [2.75, 3.05) is 39.5 Å². The van der Waals surface area contributed by atoms with E-state index in [0.29, 0.717) is 0 Å². The Bertz CT molecular complexity index is 99.2. The molecule has 0 spiro atoms. The van der Waals surface area contributed by atoms with E-state index < -0.39 is 8.60 Å². The molecule has 4 nitrogen and oxygen atoms in total. The van der Waals surface area contributed by atoms with Crippen molar-refractivity contribution in [2.45, 2.75) is 0 Å². The molecule has 3 heterocycles. The van der Waals surface area contributed by atoms with Gasteiger partial charge in [-0.15, -0.1) is 0 Å². The van der Waals surface area contributed by atoms with E-state index in [4.69, 9.17) is 13.6 Å². The minimum Gasteiger partial charge on any atom is -0.311 e. The van der Waals surface area contributed by atoms with Crippen LogP contribution < -0.4 is 0 Å². The largest absolute Gasteiger partial charge is 0.332 e. The Kier molecular flexibility index (Phi) is 2.72. The van der Waals surface area contributed by atoms with Crippen LogP contribution in [-0.4, -0.2) is 44.4 Å². The molecule has 3 aliphatic heterocycles. The van der Waals surface area contributed by atoms with Crippen molar-refractivity contribution in [3.05, 3.63) is 0 Å². The highest BCUT2D eigenvalue weighted by Crippen LogP contribution is 2.40. The fourth-order valence-corrected chi connectivity index (χ4v) is 2.10. The van der Waals surface area contributed by atoms with E-state index in [0.717, 1.165) is 39.5 Å². The smallest absolute Gasteiger partial charge is 0.311 e. The van der Waals surface area contributed by atoms with Crippen LogP contribution in [0.3, 0.4) is 0 Å². The molecule has 3 fully saturated rings. The van der Waals surface area contributed by atoms with E-state index in [2.05, 4.69) is 4.90 Å². The van der Waals surface area contributed by atoms with Gasteiger partial charge < -0.3 is 13.6 Å². The Morgan fingerprint density at radius 1 is 0.818 bits per heavy atom. The van der Waals surface area contributed by atoms with Crippen molar-refractivity contribution in [3.63, 3.8) is 0 Å². The average molecular weight is 177 g/mol. The van der Waals surface area contributed by atoms with Crippen LogP contribution in [0.15, 0.2) is 0 Å². The summed E-state index contributed by atoms with van der Waals surface area (Å²) in [7, 11) is -1.00. The first-order valence-electron chi connectivity index (χ1n) is 3.86. The molecule has 5 heteroatoms. The van der Waals surface area contributed by atoms with Crippen molar-refractivity contribution >= 4 is 8.60 Å². The molecule has 0 amide bonds. The zero-order chi connectivity index (χ0) is 7.52. The predicted molar refractivity (Wildman–Crippen MR) is 41.2 cm³/mol. The van der Waals surface area contributed by atoms with E-state index in [1.807, 2.05) is 0 Å². The molecule has 11 heavy (non-hydrogen) atoms. The van der Waals surface area contributed by atoms with Crippen LogP contribution in [0.5, 0.6) is 0 Å². The third-order valence-corrected chi connectivity index (χ3v) is 2.99. The second-order valence-electron chi connectivity index (χ2n) is 2.56. The first kappa shape index (κ1) is 7.90. The van der Waals surface area contributed by atoms with Crippen LogP contribution in [-0.2, 0) is 13.6 Å². The number of hydrogen-bond donors (Lipinski definition) is 0. The van der Waals surface area contributed by atoms with Crippen LogP contribution >= 0.6 is 8.60 Å². The summed E-state index contributed by atoms with van der Waals surface area (Å²) in [5.74, 6) is 0. The maximum absolute atomic E-state index is 5.33. The van der Waals surface area contributed by atoms with Crippen molar-refractivity contribution in [3.8, 4) is 0 Å². The maximum Gasteiger partial charge on any atom is 0.332 e. The number of rotatable bonds is 0. The standard InChI is InChI=1S/C6H12NO3P/c1-4-8-11-9-5-2-7(1)3-6-10-11/h1-6H2. The van der Waals surface area contributed by atoms with Gasteiger partial charge >= 0.3 is 8.60 Å². The summed E-state index contributed by atoms with van der Waals surface area (Å²) in [6.45, 7) is 5.28. The monoisotopic (exact) mass is 177 g/mol. The first-order valence-corrected chi connectivity index (χ1v) is 4.96. The average Bonchev–Trinajstić information content (AvgIpc) is 1.80. The highest BCUT2D eigenvalue weighted by molar-refractivity contribution is 7.41. The Morgan fingerprint density at radius 2 is 1.27 bits per heavy atom. The lowest BCUT2D eigenvalue weighted by atomic mass is 10.4. The van der Waals surface area contributed by atoms with Gasteiger partial charge in [0.2, 0.25) is 0 Å². The van der Waals surface area contributed by atoms with Crippen LogP contribution in [0.2, 0.25) is 0 Å². The zero-order valence-electron chi connectivity index (χ0n) is 6.36. The lowest BCUT2D eigenvalue weighted by Gasteiger charge is -2.30. The van der Waals surface area contributed by atoms with E-state index in [1.165, 1.54) is 0 Å². The molecule has 2 bridgehead atoms. The van der Waals surface area contributed by atoms with E-state index in [1.54, 1.807) is 0 Å². The van der Waals surface area contributed by atoms with Crippen molar-refractivity contribution < 1.29 is 13.6 Å². The predicted octanol–water partition coefficient (Wildman–Crippen LogP) is 0.592. The highest BCUT2D eigenvalue weighted by Gasteiger charge is 2.21. The number of fused-ring (bicyclic) bond motifs is 6. The molecule has 0 aliphatic carbocycles. The molecule has 0 radical (unpaired) electrons. The molecule has 0 atom stereocenters. The first-order chi connectivity index (χ1) is 5.45. The van der Waals surface area contributed by atoms with Crippen LogP contribution in [0, 0.1) is 0 Å². The van der Waals surface area contributed by atoms with Crippen molar-refractivity contribution in [2.24, 2.45) is 0 Å².